The molecule has 0 spiro atoms. The summed E-state index contributed by atoms with van der Waals surface area (Å²) in [6.07, 6.45) is -0.673. The Hall–Kier alpha value is -2.23. The molecule has 0 radical (unpaired) electrons. The minimum absolute atomic E-state index is 0.0180. The molecule has 0 amide bonds. The Balaban J connectivity index is 1.97. The van der Waals surface area contributed by atoms with E-state index in [4.69, 9.17) is 4.42 Å². The summed E-state index contributed by atoms with van der Waals surface area (Å²) in [6.45, 7) is 3.51. The summed E-state index contributed by atoms with van der Waals surface area (Å²) >= 11 is 0. The highest BCUT2D eigenvalue weighted by Gasteiger charge is 2.18. The molecule has 24 heavy (non-hydrogen) atoms. The lowest BCUT2D eigenvalue weighted by Gasteiger charge is -2.11. The number of aliphatic hydroxyl groups excluding tert-OH is 1. The Morgan fingerprint density at radius 2 is 1.92 bits per heavy atom. The molecule has 9 heteroatoms. The summed E-state index contributed by atoms with van der Waals surface area (Å²) in [7, 11) is -3.79. The van der Waals surface area contributed by atoms with Crippen LogP contribution in [0, 0.1) is 24.0 Å². The number of nitrogens with one attached hydrogen (secondary N) is 1. The molecule has 1 heterocycles. The maximum absolute atomic E-state index is 12.1. The number of hydrogen-bond acceptors (Lipinski definition) is 6. The molecule has 0 saturated heterocycles. The number of benzene rings is 1. The number of aryl methyl sites for hydroxylation is 2. The fraction of sp³-hybridized carbons (Fsp3) is 0.333. The van der Waals surface area contributed by atoms with E-state index in [0.29, 0.717) is 17.1 Å². The molecule has 0 saturated carbocycles. The Morgan fingerprint density at radius 3 is 2.42 bits per heavy atom. The molecule has 1 unspecified atom stereocenters. The predicted molar refractivity (Wildman–Crippen MR) is 86.0 cm³/mol. The second kappa shape index (κ2) is 7.12. The third-order valence-corrected chi connectivity index (χ3v) is 4.98. The zero-order chi connectivity index (χ0) is 17.9. The maximum Gasteiger partial charge on any atom is 0.269 e. The van der Waals surface area contributed by atoms with Gasteiger partial charge in [-0.15, -0.1) is 0 Å². The summed E-state index contributed by atoms with van der Waals surface area (Å²) < 4.78 is 31.9. The van der Waals surface area contributed by atoms with Gasteiger partial charge in [-0.05, 0) is 38.5 Å². The van der Waals surface area contributed by atoms with E-state index in [0.717, 1.165) is 12.1 Å². The molecule has 0 bridgehead atoms. The highest BCUT2D eigenvalue weighted by Crippen LogP contribution is 2.23. The van der Waals surface area contributed by atoms with E-state index in [-0.39, 0.29) is 23.5 Å². The van der Waals surface area contributed by atoms with Gasteiger partial charge in [0.05, 0.1) is 15.9 Å². The monoisotopic (exact) mass is 354 g/mol. The van der Waals surface area contributed by atoms with Crippen molar-refractivity contribution in [1.82, 2.24) is 4.72 Å². The topological polar surface area (TPSA) is 123 Å². The fourth-order valence-corrected chi connectivity index (χ4v) is 3.34. The molecule has 2 N–H and O–H groups in total. The van der Waals surface area contributed by atoms with Crippen molar-refractivity contribution in [3.8, 4) is 0 Å². The zero-order valence-electron chi connectivity index (χ0n) is 13.2. The van der Waals surface area contributed by atoms with E-state index in [1.165, 1.54) is 12.1 Å². The van der Waals surface area contributed by atoms with E-state index >= 15 is 0 Å². The third-order valence-electron chi connectivity index (χ3n) is 3.51. The quantitative estimate of drug-likeness (QED) is 0.580. The molecule has 1 atom stereocenters. The van der Waals surface area contributed by atoms with Gasteiger partial charge in [0.2, 0.25) is 10.0 Å². The fourth-order valence-electron chi connectivity index (χ4n) is 2.30. The highest BCUT2D eigenvalue weighted by molar-refractivity contribution is 7.89. The van der Waals surface area contributed by atoms with Crippen LogP contribution in [0.3, 0.4) is 0 Å². The first kappa shape index (κ1) is 18.1. The minimum Gasteiger partial charge on any atom is -0.466 e. The second-order valence-corrected chi connectivity index (χ2v) is 7.09. The molecule has 8 nitrogen and oxygen atoms in total. The first-order chi connectivity index (χ1) is 11.2. The first-order valence-corrected chi connectivity index (χ1v) is 8.68. The highest BCUT2D eigenvalue weighted by atomic mass is 32.2. The maximum atomic E-state index is 12.1. The lowest BCUT2D eigenvalue weighted by atomic mass is 10.1. The van der Waals surface area contributed by atoms with Gasteiger partial charge in [-0.3, -0.25) is 10.1 Å². The number of hydrogen-bond donors (Lipinski definition) is 2. The molecule has 130 valence electrons. The van der Waals surface area contributed by atoms with E-state index in [9.17, 15) is 23.6 Å². The number of non-ortho nitro benzene ring substituents is 1. The van der Waals surface area contributed by atoms with Crippen LogP contribution in [0.1, 0.15) is 29.6 Å². The van der Waals surface area contributed by atoms with Crippen LogP contribution in [0.25, 0.3) is 0 Å². The zero-order valence-corrected chi connectivity index (χ0v) is 14.0. The minimum atomic E-state index is -3.79. The molecule has 2 rings (SSSR count). The summed E-state index contributed by atoms with van der Waals surface area (Å²) in [5.74, 6) is 1.27. The average molecular weight is 354 g/mol. The van der Waals surface area contributed by atoms with Crippen molar-refractivity contribution in [2.24, 2.45) is 0 Å². The molecular formula is C15H18N2O6S. The van der Waals surface area contributed by atoms with Crippen LogP contribution in [-0.2, 0) is 10.0 Å². The molecule has 1 aromatic heterocycles. The van der Waals surface area contributed by atoms with Crippen LogP contribution in [0.4, 0.5) is 5.69 Å². The number of sulfonamides is 1. The van der Waals surface area contributed by atoms with Gasteiger partial charge in [-0.1, -0.05) is 0 Å². The number of furan rings is 1. The number of rotatable bonds is 7. The van der Waals surface area contributed by atoms with Crippen LogP contribution in [0.15, 0.2) is 39.6 Å². The number of nitro groups is 1. The van der Waals surface area contributed by atoms with Gasteiger partial charge < -0.3 is 9.52 Å². The van der Waals surface area contributed by atoms with Crippen LogP contribution < -0.4 is 4.72 Å². The first-order valence-electron chi connectivity index (χ1n) is 7.20. The Morgan fingerprint density at radius 1 is 1.29 bits per heavy atom. The lowest BCUT2D eigenvalue weighted by molar-refractivity contribution is -0.384. The normalized spacial score (nSPS) is 13.0. The van der Waals surface area contributed by atoms with Gasteiger partial charge in [-0.25, -0.2) is 13.1 Å². The summed E-state index contributed by atoms with van der Waals surface area (Å²) in [6, 6.07) is 6.30. The van der Waals surface area contributed by atoms with Gasteiger partial charge in [0, 0.05) is 24.2 Å². The standard InChI is InChI=1S/C15H18N2O6S/c1-10-9-14(11(2)23-10)15(18)7-8-16-24(21,22)13-5-3-12(4-6-13)17(19)20/h3-6,9,15-16,18H,7-8H2,1-2H3. The largest absolute Gasteiger partial charge is 0.466 e. The van der Waals surface area contributed by atoms with Crippen LogP contribution >= 0.6 is 0 Å². The summed E-state index contributed by atoms with van der Waals surface area (Å²) in [4.78, 5) is 9.90. The van der Waals surface area contributed by atoms with Gasteiger partial charge in [-0.2, -0.15) is 0 Å². The van der Waals surface area contributed by atoms with Crippen molar-refractivity contribution in [2.45, 2.75) is 31.3 Å². The van der Waals surface area contributed by atoms with E-state index in [1.54, 1.807) is 19.9 Å². The lowest BCUT2D eigenvalue weighted by Crippen LogP contribution is -2.26. The number of aliphatic hydroxyl groups is 1. The second-order valence-electron chi connectivity index (χ2n) is 5.32. The van der Waals surface area contributed by atoms with Crippen LogP contribution in [0.2, 0.25) is 0 Å². The van der Waals surface area contributed by atoms with Gasteiger partial charge >= 0.3 is 0 Å². The molecule has 1 aromatic carbocycles. The van der Waals surface area contributed by atoms with Crippen molar-refractivity contribution in [1.29, 1.82) is 0 Å². The van der Waals surface area contributed by atoms with Crippen molar-refractivity contribution in [3.63, 3.8) is 0 Å². The molecular weight excluding hydrogens is 336 g/mol. The Kier molecular flexibility index (Phi) is 5.37. The smallest absolute Gasteiger partial charge is 0.269 e. The van der Waals surface area contributed by atoms with Crippen molar-refractivity contribution < 1.29 is 22.9 Å². The van der Waals surface area contributed by atoms with E-state index in [2.05, 4.69) is 4.72 Å². The van der Waals surface area contributed by atoms with Crippen molar-refractivity contribution >= 4 is 15.7 Å². The van der Waals surface area contributed by atoms with Gasteiger partial charge in [0.25, 0.3) is 5.69 Å². The van der Waals surface area contributed by atoms with Crippen LogP contribution in [0.5, 0.6) is 0 Å². The van der Waals surface area contributed by atoms with Gasteiger partial charge in [0.15, 0.2) is 0 Å². The van der Waals surface area contributed by atoms with Crippen molar-refractivity contribution in [3.05, 3.63) is 57.5 Å². The van der Waals surface area contributed by atoms with E-state index in [1.807, 2.05) is 0 Å². The summed E-state index contributed by atoms with van der Waals surface area (Å²) in [5.41, 5.74) is 0.442. The number of nitro benzene ring substituents is 1. The Bertz CT molecular complexity index is 826. The molecule has 0 aliphatic heterocycles. The SMILES string of the molecule is Cc1cc(C(O)CCNS(=O)(=O)c2ccc([N+](=O)[O-])cc2)c(C)o1. The average Bonchev–Trinajstić information content (AvgIpc) is 2.85. The number of nitrogens with zero attached hydrogens (tertiary/aromatic N) is 1. The van der Waals surface area contributed by atoms with E-state index < -0.39 is 21.1 Å². The third kappa shape index (κ3) is 4.19. The predicted octanol–water partition coefficient (Wildman–Crippen LogP) is 2.21. The molecule has 2 aromatic rings. The molecule has 0 aliphatic carbocycles. The molecule has 0 fully saturated rings. The summed E-state index contributed by atoms with van der Waals surface area (Å²) in [5, 5.41) is 20.7. The molecule has 0 aliphatic rings. The van der Waals surface area contributed by atoms with Crippen LogP contribution in [-0.4, -0.2) is 25.0 Å². The Labute approximate surface area is 139 Å². The van der Waals surface area contributed by atoms with Gasteiger partial charge in [0.1, 0.15) is 11.5 Å². The van der Waals surface area contributed by atoms with Crippen molar-refractivity contribution in [2.75, 3.05) is 6.54 Å².